The van der Waals surface area contributed by atoms with Crippen LogP contribution in [0.2, 0.25) is 0 Å². The molecule has 3 unspecified atom stereocenters. The molecule has 1 aromatic carbocycles. The summed E-state index contributed by atoms with van der Waals surface area (Å²) in [6.45, 7) is -0.405. The quantitative estimate of drug-likeness (QED) is 0.123. The van der Waals surface area contributed by atoms with Gasteiger partial charge in [0.15, 0.2) is 5.82 Å². The van der Waals surface area contributed by atoms with Crippen molar-refractivity contribution in [2.75, 3.05) is 41.0 Å². The van der Waals surface area contributed by atoms with Crippen molar-refractivity contribution in [1.82, 2.24) is 15.3 Å². The summed E-state index contributed by atoms with van der Waals surface area (Å²) < 4.78 is 0. The van der Waals surface area contributed by atoms with Gasteiger partial charge in [0.2, 0.25) is 5.95 Å². The lowest BCUT2D eigenvalue weighted by molar-refractivity contribution is -0.140. The van der Waals surface area contributed by atoms with Gasteiger partial charge in [0.1, 0.15) is 30.2 Å². The fourth-order valence-corrected chi connectivity index (χ4v) is 4.10. The number of aromatic nitrogens is 2. The average molecular weight is 548 g/mol. The molecule has 1 aromatic heterocycles. The number of hydrogen-bond acceptors (Lipinski definition) is 12. The number of nitrogens with zero attached hydrogens (tertiary/aromatic N) is 2. The zero-order valence-electron chi connectivity index (χ0n) is 20.5. The van der Waals surface area contributed by atoms with E-state index in [4.69, 9.17) is 10.8 Å². The van der Waals surface area contributed by atoms with Crippen molar-refractivity contribution in [1.29, 1.82) is 0 Å². The number of nitrogens with two attached hydrogens (primary N) is 1. The number of nitrogens with one attached hydrogen (secondary N) is 4. The fraction of sp³-hybridized carbons (Fsp3) is 0.391. The highest BCUT2D eigenvalue weighted by atomic mass is 16.4. The normalized spacial score (nSPS) is 16.7. The molecule has 0 fully saturated rings. The summed E-state index contributed by atoms with van der Waals surface area (Å²) in [5, 5.41) is 46.1. The number of hydrogen-bond donors (Lipinski definition) is 9. The number of carbonyl (C=O) groups excluding carboxylic acids is 2. The molecule has 0 radical (unpaired) electrons. The molecule has 210 valence electrons. The van der Waals surface area contributed by atoms with E-state index in [2.05, 4.69) is 25.9 Å². The van der Waals surface area contributed by atoms with Crippen LogP contribution < -0.4 is 32.1 Å². The number of aliphatic carboxylic acids is 2. The van der Waals surface area contributed by atoms with Crippen molar-refractivity contribution in [3.05, 3.63) is 40.2 Å². The summed E-state index contributed by atoms with van der Waals surface area (Å²) >= 11 is 0. The van der Waals surface area contributed by atoms with E-state index in [1.807, 2.05) is 0 Å². The number of rotatable bonds is 13. The summed E-state index contributed by atoms with van der Waals surface area (Å²) in [4.78, 5) is 66.9. The predicted molar refractivity (Wildman–Crippen MR) is 138 cm³/mol. The van der Waals surface area contributed by atoms with Gasteiger partial charge < -0.3 is 51.8 Å². The third-order valence-corrected chi connectivity index (χ3v) is 6.05. The van der Waals surface area contributed by atoms with Crippen molar-refractivity contribution in [3.63, 3.8) is 0 Å². The third-order valence-electron chi connectivity index (χ3n) is 6.05. The topological polar surface area (TPSA) is 260 Å². The minimum absolute atomic E-state index is 0.0326. The molecule has 0 spiro atoms. The number of H-pyrrole nitrogens is 1. The van der Waals surface area contributed by atoms with E-state index in [9.17, 15) is 39.3 Å². The van der Waals surface area contributed by atoms with E-state index in [0.717, 1.165) is 0 Å². The number of amides is 1. The second-order valence-electron chi connectivity index (χ2n) is 8.72. The van der Waals surface area contributed by atoms with E-state index in [-0.39, 0.29) is 42.5 Å². The molecule has 39 heavy (non-hydrogen) atoms. The highest BCUT2D eigenvalue weighted by Gasteiger charge is 2.38. The monoisotopic (exact) mass is 547 g/mol. The lowest BCUT2D eigenvalue weighted by atomic mass is 10.0. The Morgan fingerprint density at radius 1 is 1.23 bits per heavy atom. The fourth-order valence-electron chi connectivity index (χ4n) is 4.10. The Morgan fingerprint density at radius 2 is 1.92 bits per heavy atom. The first-order valence-corrected chi connectivity index (χ1v) is 11.8. The molecule has 0 saturated heterocycles. The number of anilines is 4. The van der Waals surface area contributed by atoms with Crippen molar-refractivity contribution in [2.45, 2.75) is 37.1 Å². The van der Waals surface area contributed by atoms with Crippen LogP contribution >= 0.6 is 0 Å². The number of fused-ring (bicyclic) bond motifs is 1. The van der Waals surface area contributed by atoms with Crippen LogP contribution in [0.25, 0.3) is 0 Å². The number of carboxylic acids is 2. The Kier molecular flexibility index (Phi) is 9.40. The number of carboxylic acid groups (broad SMARTS) is 2. The van der Waals surface area contributed by atoms with Gasteiger partial charge in [-0.05, 0) is 30.7 Å². The summed E-state index contributed by atoms with van der Waals surface area (Å²) in [7, 11) is 0. The molecular formula is C23H29N7O9. The highest BCUT2D eigenvalue weighted by Crippen LogP contribution is 2.29. The zero-order chi connectivity index (χ0) is 28.7. The Balaban J connectivity index is 1.74. The number of aromatic amines is 1. The molecule has 0 saturated carbocycles. The lowest BCUT2D eigenvalue weighted by Gasteiger charge is -2.42. The van der Waals surface area contributed by atoms with Gasteiger partial charge in [-0.15, -0.1) is 0 Å². The minimum atomic E-state index is -1.49. The van der Waals surface area contributed by atoms with Crippen molar-refractivity contribution in [3.8, 4) is 0 Å². The van der Waals surface area contributed by atoms with Crippen LogP contribution in [-0.4, -0.2) is 98.5 Å². The molecular weight excluding hydrogens is 518 g/mol. The molecule has 16 nitrogen and oxygen atoms in total. The van der Waals surface area contributed by atoms with Gasteiger partial charge >= 0.3 is 11.9 Å². The van der Waals surface area contributed by atoms with Gasteiger partial charge in [-0.2, -0.15) is 4.98 Å². The largest absolute Gasteiger partial charge is 0.481 e. The number of aliphatic hydroxyl groups excluding tert-OH is 2. The van der Waals surface area contributed by atoms with E-state index in [0.29, 0.717) is 12.0 Å². The Hall–Kier alpha value is -4.70. The van der Waals surface area contributed by atoms with Gasteiger partial charge in [0.05, 0.1) is 12.6 Å². The molecule has 2 heterocycles. The summed E-state index contributed by atoms with van der Waals surface area (Å²) in [6, 6.07) is 2.73. The molecule has 0 aliphatic carbocycles. The molecule has 1 amide bonds. The molecule has 1 aliphatic heterocycles. The molecule has 4 atom stereocenters. The van der Waals surface area contributed by atoms with Gasteiger partial charge in [-0.1, -0.05) is 0 Å². The van der Waals surface area contributed by atoms with Crippen molar-refractivity contribution in [2.24, 2.45) is 0 Å². The van der Waals surface area contributed by atoms with E-state index in [1.165, 1.54) is 17.0 Å². The molecule has 3 rings (SSSR count). The maximum atomic E-state index is 12.7. The van der Waals surface area contributed by atoms with Gasteiger partial charge in [0, 0.05) is 30.8 Å². The molecule has 0 bridgehead atoms. The second kappa shape index (κ2) is 12.7. The molecule has 10 N–H and O–H groups in total. The lowest BCUT2D eigenvalue weighted by Crippen LogP contribution is -2.59. The standard InChI is InChI=1S/C23H29N7O9/c24-23-28-19-18(21(37)29-23)30(15(9-31)16(33)10-32)13(8-26-19)7-25-12-3-1-11(2-4-12)20(36)27-14(22(38)39)5-6-17(34)35/h1-4,9,13-16,25,32-33H,5-8,10H2,(H,27,36)(H,34,35)(H,38,39)(H4,24,26,28,29,37)/t13?,14?,15?,16-/m0/s1. The molecule has 2 aromatic rings. The van der Waals surface area contributed by atoms with Crippen molar-refractivity contribution < 1.29 is 39.6 Å². The van der Waals surface area contributed by atoms with Crippen LogP contribution in [0.5, 0.6) is 0 Å². The van der Waals surface area contributed by atoms with Crippen LogP contribution in [0.15, 0.2) is 29.1 Å². The van der Waals surface area contributed by atoms with E-state index < -0.39 is 60.7 Å². The van der Waals surface area contributed by atoms with Crippen molar-refractivity contribution >= 4 is 47.3 Å². The average Bonchev–Trinajstić information content (AvgIpc) is 2.90. The maximum absolute atomic E-state index is 12.7. The maximum Gasteiger partial charge on any atom is 0.326 e. The number of nitrogen functional groups attached to an aromatic ring is 1. The summed E-state index contributed by atoms with van der Waals surface area (Å²) in [6.07, 6.45) is -1.76. The van der Waals surface area contributed by atoms with Crippen LogP contribution in [0.1, 0.15) is 23.2 Å². The van der Waals surface area contributed by atoms with Gasteiger partial charge in [-0.25, -0.2) is 4.79 Å². The number of carbonyl (C=O) groups is 4. The molecule has 1 aliphatic rings. The minimum Gasteiger partial charge on any atom is -0.481 e. The van der Waals surface area contributed by atoms with E-state index in [1.54, 1.807) is 12.1 Å². The van der Waals surface area contributed by atoms with Crippen LogP contribution in [0.3, 0.4) is 0 Å². The highest BCUT2D eigenvalue weighted by molar-refractivity contribution is 5.97. The summed E-state index contributed by atoms with van der Waals surface area (Å²) in [5.41, 5.74) is 5.61. The van der Waals surface area contributed by atoms with Gasteiger partial charge in [-0.3, -0.25) is 19.4 Å². The number of aldehydes is 1. The first kappa shape index (κ1) is 28.9. The SMILES string of the molecule is Nc1nc2c(c(=O)[nH]1)N(C(C=O)[C@@H](O)CO)C(CNc1ccc(C(=O)NC(CCC(=O)O)C(=O)O)cc1)CN2. The summed E-state index contributed by atoms with van der Waals surface area (Å²) in [5.74, 6) is -3.27. The number of aliphatic hydroxyl groups is 2. The Labute approximate surface area is 220 Å². The van der Waals surface area contributed by atoms with Gasteiger partial charge in [0.25, 0.3) is 11.5 Å². The smallest absolute Gasteiger partial charge is 0.326 e. The first-order chi connectivity index (χ1) is 18.5. The number of benzene rings is 1. The molecule has 16 heteroatoms. The van der Waals surface area contributed by atoms with Crippen LogP contribution in [0, 0.1) is 0 Å². The Morgan fingerprint density at radius 3 is 2.51 bits per heavy atom. The Bertz CT molecular complexity index is 1270. The predicted octanol–water partition coefficient (Wildman–Crippen LogP) is -1.97. The zero-order valence-corrected chi connectivity index (χ0v) is 20.5. The van der Waals surface area contributed by atoms with E-state index >= 15 is 0 Å². The third kappa shape index (κ3) is 6.99. The second-order valence-corrected chi connectivity index (χ2v) is 8.72. The first-order valence-electron chi connectivity index (χ1n) is 11.8. The van der Waals surface area contributed by atoms with Crippen LogP contribution in [-0.2, 0) is 14.4 Å². The van der Waals surface area contributed by atoms with Crippen LogP contribution in [0.4, 0.5) is 23.1 Å².